The molecule has 0 aliphatic carbocycles. The van der Waals surface area contributed by atoms with Crippen LogP contribution in [-0.2, 0) is 28.6 Å². The van der Waals surface area contributed by atoms with Gasteiger partial charge in [0.2, 0.25) is 11.8 Å². The number of hydrogen-bond acceptors (Lipinski definition) is 7. The molecule has 2 saturated heterocycles. The average Bonchev–Trinajstić information content (AvgIpc) is 3.36. The molecule has 9 heteroatoms. The van der Waals surface area contributed by atoms with Crippen molar-refractivity contribution in [2.75, 3.05) is 40.0 Å². The molecule has 1 aromatic carbocycles. The number of esters is 1. The Kier molecular flexibility index (Phi) is 7.05. The normalized spacial score (nSPS) is 19.9. The van der Waals surface area contributed by atoms with Gasteiger partial charge in [0.25, 0.3) is 0 Å². The predicted octanol–water partition coefficient (Wildman–Crippen LogP) is 0.479. The van der Waals surface area contributed by atoms with Crippen molar-refractivity contribution >= 4 is 17.8 Å². The van der Waals surface area contributed by atoms with Crippen molar-refractivity contribution in [3.63, 3.8) is 0 Å². The zero-order valence-corrected chi connectivity index (χ0v) is 16.4. The van der Waals surface area contributed by atoms with E-state index in [0.29, 0.717) is 26.2 Å². The first kappa shape index (κ1) is 21.1. The lowest BCUT2D eigenvalue weighted by Gasteiger charge is -2.23. The number of carbonyl (C=O) groups excluding carboxylic acids is 3. The van der Waals surface area contributed by atoms with Gasteiger partial charge in [-0.1, -0.05) is 18.2 Å². The van der Waals surface area contributed by atoms with E-state index in [1.54, 1.807) is 0 Å². The molecule has 0 saturated carbocycles. The molecule has 1 spiro atoms. The van der Waals surface area contributed by atoms with E-state index in [-0.39, 0.29) is 37.7 Å². The number of hydrogen-bond donors (Lipinski definition) is 1. The van der Waals surface area contributed by atoms with Gasteiger partial charge in [-0.05, 0) is 18.6 Å². The number of likely N-dealkylation sites (tertiary alicyclic amines) is 1. The monoisotopic (exact) mass is 406 g/mol. The Labute approximate surface area is 169 Å². The minimum Gasteiger partial charge on any atom is -0.494 e. The largest absolute Gasteiger partial charge is 0.494 e. The van der Waals surface area contributed by atoms with Crippen LogP contribution >= 0.6 is 0 Å². The maximum atomic E-state index is 12.6. The topological polar surface area (TPSA) is 103 Å². The van der Waals surface area contributed by atoms with E-state index in [1.165, 1.54) is 12.0 Å². The molecule has 0 aromatic heterocycles. The number of nitrogens with one attached hydrogen (secondary N) is 1. The van der Waals surface area contributed by atoms with Crippen molar-refractivity contribution < 1.29 is 33.3 Å². The smallest absolute Gasteiger partial charge is 0.328 e. The third kappa shape index (κ3) is 5.45. The minimum absolute atomic E-state index is 0.131. The molecule has 0 radical (unpaired) electrons. The molecule has 2 aliphatic heterocycles. The van der Waals surface area contributed by atoms with Crippen LogP contribution in [0.15, 0.2) is 30.3 Å². The van der Waals surface area contributed by atoms with Crippen molar-refractivity contribution in [2.45, 2.75) is 31.1 Å². The SMILES string of the molecule is COC(=O)C1CC2(CN1C(=O)CNC(=O)CCCOc1ccccc1)OCCO2. The highest BCUT2D eigenvalue weighted by Gasteiger charge is 2.52. The maximum absolute atomic E-state index is 12.6. The van der Waals surface area contributed by atoms with Gasteiger partial charge in [-0.25, -0.2) is 4.79 Å². The van der Waals surface area contributed by atoms with Crippen LogP contribution in [0.3, 0.4) is 0 Å². The van der Waals surface area contributed by atoms with Crippen LogP contribution < -0.4 is 10.1 Å². The van der Waals surface area contributed by atoms with Gasteiger partial charge in [-0.15, -0.1) is 0 Å². The van der Waals surface area contributed by atoms with E-state index in [2.05, 4.69) is 5.32 Å². The van der Waals surface area contributed by atoms with Crippen molar-refractivity contribution in [3.8, 4) is 5.75 Å². The Morgan fingerprint density at radius 2 is 1.93 bits per heavy atom. The molecule has 1 atom stereocenters. The van der Waals surface area contributed by atoms with Crippen LogP contribution in [-0.4, -0.2) is 74.5 Å². The van der Waals surface area contributed by atoms with Crippen molar-refractivity contribution in [2.24, 2.45) is 0 Å². The van der Waals surface area contributed by atoms with E-state index in [4.69, 9.17) is 18.9 Å². The van der Waals surface area contributed by atoms with Gasteiger partial charge >= 0.3 is 5.97 Å². The summed E-state index contributed by atoms with van der Waals surface area (Å²) in [7, 11) is 1.27. The third-order valence-corrected chi connectivity index (χ3v) is 4.90. The van der Waals surface area contributed by atoms with E-state index >= 15 is 0 Å². The van der Waals surface area contributed by atoms with E-state index < -0.39 is 17.8 Å². The van der Waals surface area contributed by atoms with Gasteiger partial charge in [0, 0.05) is 12.8 Å². The summed E-state index contributed by atoms with van der Waals surface area (Å²) in [4.78, 5) is 38.0. The van der Waals surface area contributed by atoms with Crippen molar-refractivity contribution in [3.05, 3.63) is 30.3 Å². The highest BCUT2D eigenvalue weighted by atomic mass is 16.7. The molecule has 1 N–H and O–H groups in total. The number of carbonyl (C=O) groups is 3. The number of methoxy groups -OCH3 is 1. The van der Waals surface area contributed by atoms with E-state index in [0.717, 1.165) is 5.75 Å². The van der Waals surface area contributed by atoms with Crippen LogP contribution in [0.4, 0.5) is 0 Å². The summed E-state index contributed by atoms with van der Waals surface area (Å²) >= 11 is 0. The number of para-hydroxylation sites is 1. The number of amides is 2. The number of benzene rings is 1. The van der Waals surface area contributed by atoms with Gasteiger partial charge < -0.3 is 29.2 Å². The molecule has 3 rings (SSSR count). The number of nitrogens with zero attached hydrogens (tertiary/aromatic N) is 1. The molecular weight excluding hydrogens is 380 g/mol. The molecule has 2 amide bonds. The summed E-state index contributed by atoms with van der Waals surface area (Å²) in [5, 5.41) is 2.60. The zero-order chi connectivity index (χ0) is 20.7. The Hall–Kier alpha value is -2.65. The van der Waals surface area contributed by atoms with Crippen LogP contribution in [0.5, 0.6) is 5.75 Å². The Morgan fingerprint density at radius 1 is 1.21 bits per heavy atom. The first-order valence-corrected chi connectivity index (χ1v) is 9.63. The summed E-state index contributed by atoms with van der Waals surface area (Å²) in [6.45, 7) is 1.16. The molecule has 29 heavy (non-hydrogen) atoms. The van der Waals surface area contributed by atoms with E-state index in [1.807, 2.05) is 30.3 Å². The fourth-order valence-electron chi connectivity index (χ4n) is 3.46. The lowest BCUT2D eigenvalue weighted by molar-refractivity contribution is -0.152. The maximum Gasteiger partial charge on any atom is 0.328 e. The molecule has 2 fully saturated rings. The van der Waals surface area contributed by atoms with Gasteiger partial charge in [0.1, 0.15) is 11.8 Å². The number of ether oxygens (including phenoxy) is 4. The molecular formula is C20H26N2O7. The van der Waals surface area contributed by atoms with Crippen molar-refractivity contribution in [1.82, 2.24) is 10.2 Å². The van der Waals surface area contributed by atoms with Gasteiger partial charge in [-0.2, -0.15) is 0 Å². The Balaban J connectivity index is 1.42. The summed E-state index contributed by atoms with van der Waals surface area (Å²) in [6, 6.07) is 8.55. The fraction of sp³-hybridized carbons (Fsp3) is 0.550. The summed E-state index contributed by atoms with van der Waals surface area (Å²) in [5.74, 6) is -1.39. The lowest BCUT2D eigenvalue weighted by atomic mass is 10.1. The van der Waals surface area contributed by atoms with Crippen LogP contribution in [0.1, 0.15) is 19.3 Å². The Morgan fingerprint density at radius 3 is 2.62 bits per heavy atom. The minimum atomic E-state index is -0.965. The van der Waals surface area contributed by atoms with Crippen LogP contribution in [0.2, 0.25) is 0 Å². The first-order valence-electron chi connectivity index (χ1n) is 9.63. The standard InChI is InChI=1S/C20H26N2O7/c1-26-19(25)16-12-20(28-10-11-29-20)14-22(16)18(24)13-21-17(23)8-5-9-27-15-6-3-2-4-7-15/h2-4,6-7,16H,5,8-14H2,1H3,(H,21,23). The van der Waals surface area contributed by atoms with Crippen LogP contribution in [0, 0.1) is 0 Å². The molecule has 1 unspecified atom stereocenters. The third-order valence-electron chi connectivity index (χ3n) is 4.90. The van der Waals surface area contributed by atoms with Gasteiger partial charge in [0.15, 0.2) is 5.79 Å². The molecule has 158 valence electrons. The highest BCUT2D eigenvalue weighted by molar-refractivity contribution is 5.89. The summed E-state index contributed by atoms with van der Waals surface area (Å²) in [5.41, 5.74) is 0. The predicted molar refractivity (Wildman–Crippen MR) is 101 cm³/mol. The quantitative estimate of drug-likeness (QED) is 0.495. The second-order valence-corrected chi connectivity index (χ2v) is 6.91. The van der Waals surface area contributed by atoms with Crippen molar-refractivity contribution in [1.29, 1.82) is 0 Å². The Bertz CT molecular complexity index is 719. The number of rotatable bonds is 8. The molecule has 0 bridgehead atoms. The van der Waals surface area contributed by atoms with Gasteiger partial charge in [-0.3, -0.25) is 9.59 Å². The van der Waals surface area contributed by atoms with Crippen LogP contribution in [0.25, 0.3) is 0 Å². The summed E-state index contributed by atoms with van der Waals surface area (Å²) < 4.78 is 21.6. The second kappa shape index (κ2) is 9.71. The molecule has 9 nitrogen and oxygen atoms in total. The lowest BCUT2D eigenvalue weighted by Crippen LogP contribution is -2.46. The molecule has 2 heterocycles. The average molecular weight is 406 g/mol. The molecule has 2 aliphatic rings. The summed E-state index contributed by atoms with van der Waals surface area (Å²) in [6.07, 6.45) is 0.973. The van der Waals surface area contributed by atoms with E-state index in [9.17, 15) is 14.4 Å². The second-order valence-electron chi connectivity index (χ2n) is 6.91. The first-order chi connectivity index (χ1) is 14.0. The zero-order valence-electron chi connectivity index (χ0n) is 16.4. The fourth-order valence-corrected chi connectivity index (χ4v) is 3.46. The van der Waals surface area contributed by atoms with Gasteiger partial charge in [0.05, 0.1) is 40.0 Å². The highest BCUT2D eigenvalue weighted by Crippen LogP contribution is 2.35. The molecule has 1 aromatic rings.